The number of rotatable bonds is 69. The molecule has 2 heterocycles. The first kappa shape index (κ1) is 108. The molecule has 0 radical (unpaired) electrons. The number of unbranched alkanes of at least 4 members (excludes halogenated alkanes) is 6. The molecule has 0 bridgehead atoms. The van der Waals surface area contributed by atoms with E-state index in [1.807, 2.05) is 0 Å². The molecule has 0 spiro atoms. The molecular formula is C74H136N11O32P. The Kier molecular flexibility index (Phi) is 58.0. The van der Waals surface area contributed by atoms with Crippen molar-refractivity contribution >= 4 is 72.6 Å². The summed E-state index contributed by atoms with van der Waals surface area (Å²) in [5.41, 5.74) is -1.53. The Morgan fingerprint density at radius 1 is 0.424 bits per heavy atom. The van der Waals surface area contributed by atoms with Gasteiger partial charge in [-0.3, -0.25) is 57.3 Å². The van der Waals surface area contributed by atoms with Crippen LogP contribution in [0.2, 0.25) is 0 Å². The van der Waals surface area contributed by atoms with Crippen LogP contribution in [0.1, 0.15) is 169 Å². The summed E-state index contributed by atoms with van der Waals surface area (Å²) >= 11 is 0. The zero-order valence-electron chi connectivity index (χ0n) is 68.9. The van der Waals surface area contributed by atoms with E-state index in [2.05, 4.69) is 58.5 Å². The summed E-state index contributed by atoms with van der Waals surface area (Å²) < 4.78 is 68.3. The molecule has 21 N–H and O–H groups in total. The molecule has 118 heavy (non-hydrogen) atoms. The van der Waals surface area contributed by atoms with Crippen LogP contribution >= 0.6 is 7.60 Å². The molecule has 44 heteroatoms. The SMILES string of the molecule is CC(=O)NC1C(OCCCCC(=O)NCCCNC(=O)CCOCC(COCCC(=O)NCCCNC(=O)CCCCOC2OC(CO)C(O)C(O)[C@@H]2NC(C)=O)(COCCC(=O)NCCCNC(=O)CCCCOC(OC(CO)[C@@H](C)O)[C@H](CO)NC(C)=O)NC(=O)CCCC(=O)NCCCCCCOP(C)(=O)O)OC(CO)C(O)C1O. The van der Waals surface area contributed by atoms with Crippen molar-refractivity contribution in [3.63, 3.8) is 0 Å². The zero-order chi connectivity index (χ0) is 87.7. The molecule has 2 saturated heterocycles. The number of hydrogen-bond acceptors (Lipinski definition) is 31. The highest BCUT2D eigenvalue weighted by Gasteiger charge is 2.47. The highest BCUT2D eigenvalue weighted by molar-refractivity contribution is 7.51. The van der Waals surface area contributed by atoms with E-state index in [1.54, 1.807) is 0 Å². The van der Waals surface area contributed by atoms with E-state index >= 15 is 0 Å². The van der Waals surface area contributed by atoms with Gasteiger partial charge in [0.05, 0.1) is 78.8 Å². The Bertz CT molecular complexity index is 2830. The summed E-state index contributed by atoms with van der Waals surface area (Å²) in [6, 6.07) is -3.22. The Morgan fingerprint density at radius 3 is 1.14 bits per heavy atom. The van der Waals surface area contributed by atoms with Gasteiger partial charge in [-0.1, -0.05) is 12.8 Å². The summed E-state index contributed by atoms with van der Waals surface area (Å²) in [6.07, 6.45) is -8.14. The van der Waals surface area contributed by atoms with Crippen molar-refractivity contribution in [3.05, 3.63) is 0 Å². The normalized spacial score (nSPS) is 21.2. The monoisotopic (exact) mass is 1720 g/mol. The molecule has 684 valence electrons. The molecule has 2 aliphatic heterocycles. The maximum Gasteiger partial charge on any atom is 0.325 e. The molecule has 2 aliphatic rings. The minimum Gasteiger partial charge on any atom is -0.394 e. The van der Waals surface area contributed by atoms with Crippen LogP contribution in [0.5, 0.6) is 0 Å². The lowest BCUT2D eigenvalue weighted by molar-refractivity contribution is -0.270. The number of hydrogen-bond donors (Lipinski definition) is 21. The van der Waals surface area contributed by atoms with E-state index in [1.165, 1.54) is 27.7 Å². The van der Waals surface area contributed by atoms with E-state index in [-0.39, 0.29) is 187 Å². The third-order valence-electron chi connectivity index (χ3n) is 18.2. The van der Waals surface area contributed by atoms with Crippen molar-refractivity contribution in [2.75, 3.05) is 145 Å². The zero-order valence-corrected chi connectivity index (χ0v) is 69.8. The van der Waals surface area contributed by atoms with E-state index in [4.69, 9.17) is 47.2 Å². The summed E-state index contributed by atoms with van der Waals surface area (Å²) in [5.74, 6) is -4.40. The molecule has 43 nitrogen and oxygen atoms in total. The van der Waals surface area contributed by atoms with Gasteiger partial charge in [0.25, 0.3) is 0 Å². The maximum absolute atomic E-state index is 13.9. The molecule has 2 fully saturated rings. The summed E-state index contributed by atoms with van der Waals surface area (Å²) in [7, 11) is -3.58. The fourth-order valence-corrected chi connectivity index (χ4v) is 12.2. The van der Waals surface area contributed by atoms with Gasteiger partial charge in [-0.05, 0) is 84.0 Å². The van der Waals surface area contributed by atoms with Crippen LogP contribution in [0.25, 0.3) is 0 Å². The molecule has 11 amide bonds. The van der Waals surface area contributed by atoms with Crippen LogP contribution in [0, 0.1) is 0 Å². The second-order valence-corrected chi connectivity index (χ2v) is 30.8. The first-order chi connectivity index (χ1) is 56.3. The van der Waals surface area contributed by atoms with Gasteiger partial charge in [0, 0.05) is 144 Å². The number of carbonyl (C=O) groups excluding carboxylic acids is 11. The smallest absolute Gasteiger partial charge is 0.325 e. The molecule has 0 aromatic rings. The lowest BCUT2D eigenvalue weighted by Crippen LogP contribution is -2.64. The molecule has 0 aromatic carbocycles. The third kappa shape index (κ3) is 50.1. The van der Waals surface area contributed by atoms with Crippen LogP contribution in [-0.2, 0) is 104 Å². The van der Waals surface area contributed by atoms with Crippen molar-refractivity contribution in [3.8, 4) is 0 Å². The number of carbonyl (C=O) groups is 11. The third-order valence-corrected chi connectivity index (χ3v) is 18.8. The molecule has 2 rings (SSSR count). The summed E-state index contributed by atoms with van der Waals surface area (Å²) in [6.45, 7) is 4.13. The number of ether oxygens (including phenoxy) is 9. The summed E-state index contributed by atoms with van der Waals surface area (Å²) in [5, 5.41) is 120. The lowest BCUT2D eigenvalue weighted by Gasteiger charge is -2.42. The van der Waals surface area contributed by atoms with E-state index in [9.17, 15) is 108 Å². The van der Waals surface area contributed by atoms with Crippen LogP contribution in [0.4, 0.5) is 0 Å². The fourth-order valence-electron chi connectivity index (χ4n) is 11.8. The fraction of sp³-hybridized carbons (Fsp3) is 0.851. The van der Waals surface area contributed by atoms with Gasteiger partial charge in [-0.15, -0.1) is 0 Å². The van der Waals surface area contributed by atoms with Gasteiger partial charge in [0.15, 0.2) is 18.9 Å². The number of aliphatic hydroxyl groups excluding tert-OH is 9. The number of amides is 11. The predicted octanol–water partition coefficient (Wildman–Crippen LogP) is -5.36. The highest BCUT2D eigenvalue weighted by atomic mass is 31.2. The molecule has 0 aromatic heterocycles. The number of nitrogens with one attached hydrogen (secondary N) is 11. The summed E-state index contributed by atoms with van der Waals surface area (Å²) in [4.78, 5) is 149. The molecular weight excluding hydrogens is 1590 g/mol. The lowest BCUT2D eigenvalue weighted by atomic mass is 9.97. The molecule has 16 atom stereocenters. The second-order valence-electron chi connectivity index (χ2n) is 29.0. The van der Waals surface area contributed by atoms with Crippen molar-refractivity contribution < 1.29 is 155 Å². The van der Waals surface area contributed by atoms with Crippen LogP contribution in [0.15, 0.2) is 0 Å². The topological polar surface area (TPSA) is 632 Å². The Morgan fingerprint density at radius 2 is 0.780 bits per heavy atom. The Hall–Kier alpha value is -6.40. The first-order valence-corrected chi connectivity index (χ1v) is 42.6. The van der Waals surface area contributed by atoms with Gasteiger partial charge in [-0.25, -0.2) is 0 Å². The van der Waals surface area contributed by atoms with Crippen LogP contribution in [0.3, 0.4) is 0 Å². The van der Waals surface area contributed by atoms with E-state index in [0.29, 0.717) is 83.6 Å². The van der Waals surface area contributed by atoms with Crippen LogP contribution < -0.4 is 58.5 Å². The minimum atomic E-state index is -3.58. The maximum atomic E-state index is 13.9. The van der Waals surface area contributed by atoms with E-state index in [0.717, 1.165) is 13.1 Å². The van der Waals surface area contributed by atoms with E-state index < -0.39 is 167 Å². The van der Waals surface area contributed by atoms with Gasteiger partial charge in [0.1, 0.15) is 66.4 Å². The van der Waals surface area contributed by atoms with Crippen LogP contribution in [-0.4, -0.2) is 352 Å². The average molecular weight is 1720 g/mol. The standard InChI is InChI=1S/C74H136N11O32P/c1-49(90)54(43-87)115-71(53(42-86)82-50(2)91)111-35-13-8-20-57(94)76-29-17-32-79-61(98)25-39-108-46-74(85-64(101)24-16-23-60(97)75-28-11-6-7-12-38-114-118(5,106)107,47-109-40-26-62(99)80-33-18-30-77-58(95)21-9-14-36-112-72-65(83-51(3)92)69(104)67(102)55(44-88)116-72)48-110-41-27-63(100)81-34-19-31-78-59(96)22-10-15-37-113-73-66(84-52(4)93)70(105)68(103)56(45-89)117-73/h49,53-56,65-73,86-90,102-105H,6-48H2,1-5H3,(H,75,97)(H,76,94)(H,77,95)(H,78,96)(H,79,98)(H,80,99)(H,81,100)(H,82,91)(H,83,92)(H,84,93)(H,85,101)(H,106,107)/t49-,53+,54?,55?,56?,65+,66?,67?,68?,69?,70?,71?,72?,73?,74?/m1/s1. The van der Waals surface area contributed by atoms with Gasteiger partial charge < -0.3 is 156 Å². The quantitative estimate of drug-likeness (QED) is 0.0154. The van der Waals surface area contributed by atoms with Crippen molar-refractivity contribution in [1.29, 1.82) is 0 Å². The molecule has 13 unspecified atom stereocenters. The Balaban J connectivity index is 2.09. The molecule has 0 aliphatic carbocycles. The average Bonchev–Trinajstić information content (AvgIpc) is 0.793. The second kappa shape index (κ2) is 63.5. The minimum absolute atomic E-state index is 0.0191. The van der Waals surface area contributed by atoms with Gasteiger partial charge in [0.2, 0.25) is 65.0 Å². The van der Waals surface area contributed by atoms with Crippen molar-refractivity contribution in [1.82, 2.24) is 58.5 Å². The van der Waals surface area contributed by atoms with Crippen molar-refractivity contribution in [2.24, 2.45) is 0 Å². The highest BCUT2D eigenvalue weighted by Crippen LogP contribution is 2.36. The van der Waals surface area contributed by atoms with Gasteiger partial charge in [-0.2, -0.15) is 0 Å². The largest absolute Gasteiger partial charge is 0.394 e. The first-order valence-electron chi connectivity index (χ1n) is 40.6. The van der Waals surface area contributed by atoms with Gasteiger partial charge >= 0.3 is 7.60 Å². The Labute approximate surface area is 689 Å². The van der Waals surface area contributed by atoms with Crippen molar-refractivity contribution in [2.45, 2.75) is 260 Å². The predicted molar refractivity (Wildman–Crippen MR) is 418 cm³/mol. The molecule has 0 saturated carbocycles. The number of aliphatic hydroxyl groups is 9.